The van der Waals surface area contributed by atoms with Crippen molar-refractivity contribution < 1.29 is 9.53 Å². The molecule has 0 saturated carbocycles. The Morgan fingerprint density at radius 1 is 1.35 bits per heavy atom. The van der Waals surface area contributed by atoms with Crippen LogP contribution in [-0.2, 0) is 9.53 Å². The molecule has 112 valence electrons. The smallest absolute Gasteiger partial charge is 0.325 e. The van der Waals surface area contributed by atoms with Gasteiger partial charge in [0, 0.05) is 10.6 Å². The molecular formula is C16H25NO2S. The fourth-order valence-electron chi connectivity index (χ4n) is 2.05. The van der Waals surface area contributed by atoms with Gasteiger partial charge in [0.15, 0.2) is 0 Å². The van der Waals surface area contributed by atoms with Crippen LogP contribution in [0.15, 0.2) is 23.1 Å². The number of carbonyl (C=O) groups excluding carboxylic acids is 1. The zero-order valence-electron chi connectivity index (χ0n) is 13.1. The lowest BCUT2D eigenvalue weighted by Gasteiger charge is -2.27. The van der Waals surface area contributed by atoms with E-state index in [2.05, 4.69) is 37.4 Å². The number of thioether (sulfide) groups is 1. The summed E-state index contributed by atoms with van der Waals surface area (Å²) in [6, 6.07) is 6.47. The van der Waals surface area contributed by atoms with Crippen molar-refractivity contribution in [3.63, 3.8) is 0 Å². The third-order valence-electron chi connectivity index (χ3n) is 3.55. The highest BCUT2D eigenvalue weighted by Gasteiger charge is 2.32. The van der Waals surface area contributed by atoms with E-state index in [1.165, 1.54) is 23.1 Å². The molecule has 0 aromatic heterocycles. The lowest BCUT2D eigenvalue weighted by Crippen LogP contribution is -2.50. The Hall–Kier alpha value is -1.00. The second kappa shape index (κ2) is 7.70. The molecule has 0 bridgehead atoms. The van der Waals surface area contributed by atoms with Gasteiger partial charge in [-0.2, -0.15) is 0 Å². The fraction of sp³-hybridized carbons (Fsp3) is 0.562. The van der Waals surface area contributed by atoms with Crippen LogP contribution in [-0.4, -0.2) is 30.9 Å². The van der Waals surface area contributed by atoms with E-state index in [4.69, 9.17) is 4.74 Å². The highest BCUT2D eigenvalue weighted by atomic mass is 32.2. The van der Waals surface area contributed by atoms with E-state index in [0.717, 1.165) is 18.7 Å². The number of ether oxygens (including phenoxy) is 1. The first-order valence-corrected chi connectivity index (χ1v) is 7.95. The molecule has 0 amide bonds. The number of benzene rings is 1. The molecule has 1 N–H and O–H groups in total. The van der Waals surface area contributed by atoms with Crippen molar-refractivity contribution in [1.82, 2.24) is 5.32 Å². The van der Waals surface area contributed by atoms with E-state index in [1.807, 2.05) is 13.8 Å². The van der Waals surface area contributed by atoms with Crippen molar-refractivity contribution in [2.45, 2.75) is 44.6 Å². The molecule has 0 spiro atoms. The number of hydrogen-bond acceptors (Lipinski definition) is 4. The summed E-state index contributed by atoms with van der Waals surface area (Å²) in [4.78, 5) is 13.1. The number of rotatable bonds is 7. The Kier molecular flexibility index (Phi) is 6.56. The minimum Gasteiger partial charge on any atom is -0.468 e. The number of nitrogens with one attached hydrogen (secondary N) is 1. The van der Waals surface area contributed by atoms with Gasteiger partial charge in [0.2, 0.25) is 0 Å². The SMILES string of the molecule is CCNC(C)(CCSc1ccc(C)c(C)c1)C(=O)OC. The number of aryl methyl sites for hydroxylation is 2. The standard InChI is InChI=1S/C16H25NO2S/c1-6-17-16(4,15(18)19-5)9-10-20-14-8-7-12(2)13(3)11-14/h7-8,11,17H,6,9-10H2,1-5H3. The zero-order valence-corrected chi connectivity index (χ0v) is 13.9. The number of carbonyl (C=O) groups is 1. The maximum atomic E-state index is 11.9. The molecular weight excluding hydrogens is 270 g/mol. The van der Waals surface area contributed by atoms with E-state index in [-0.39, 0.29) is 5.97 Å². The summed E-state index contributed by atoms with van der Waals surface area (Å²) >= 11 is 1.78. The molecule has 3 nitrogen and oxygen atoms in total. The molecule has 1 rings (SSSR count). The van der Waals surface area contributed by atoms with Gasteiger partial charge >= 0.3 is 5.97 Å². The molecule has 0 aliphatic rings. The van der Waals surface area contributed by atoms with Crippen LogP contribution >= 0.6 is 11.8 Å². The number of esters is 1. The second-order valence-corrected chi connectivity index (χ2v) is 6.37. The lowest BCUT2D eigenvalue weighted by atomic mass is 9.99. The van der Waals surface area contributed by atoms with Gasteiger partial charge in [-0.05, 0) is 57.0 Å². The molecule has 0 aliphatic carbocycles. The van der Waals surface area contributed by atoms with Crippen molar-refractivity contribution in [3.8, 4) is 0 Å². The molecule has 0 fully saturated rings. The second-order valence-electron chi connectivity index (χ2n) is 5.20. The first kappa shape index (κ1) is 17.1. The van der Waals surface area contributed by atoms with Crippen LogP contribution in [0, 0.1) is 13.8 Å². The number of likely N-dealkylation sites (N-methyl/N-ethyl adjacent to an activating group) is 1. The largest absolute Gasteiger partial charge is 0.468 e. The molecule has 4 heteroatoms. The highest BCUT2D eigenvalue weighted by Crippen LogP contribution is 2.24. The highest BCUT2D eigenvalue weighted by molar-refractivity contribution is 7.99. The van der Waals surface area contributed by atoms with Gasteiger partial charge in [-0.15, -0.1) is 11.8 Å². The van der Waals surface area contributed by atoms with Gasteiger partial charge in [0.05, 0.1) is 7.11 Å². The third-order valence-corrected chi connectivity index (χ3v) is 4.55. The molecule has 0 radical (unpaired) electrons. The fourth-order valence-corrected chi connectivity index (χ4v) is 3.23. The predicted molar refractivity (Wildman–Crippen MR) is 85.4 cm³/mol. The van der Waals surface area contributed by atoms with Gasteiger partial charge in [0.1, 0.15) is 5.54 Å². The Balaban J connectivity index is 2.60. The summed E-state index contributed by atoms with van der Waals surface area (Å²) < 4.78 is 4.89. The average Bonchev–Trinajstić information content (AvgIpc) is 2.42. The van der Waals surface area contributed by atoms with Crippen LogP contribution in [0.25, 0.3) is 0 Å². The number of methoxy groups -OCH3 is 1. The molecule has 0 heterocycles. The Labute approximate surface area is 126 Å². The number of hydrogen-bond donors (Lipinski definition) is 1. The zero-order chi connectivity index (χ0) is 15.2. The summed E-state index contributed by atoms with van der Waals surface area (Å²) in [6.45, 7) is 8.89. The molecule has 1 aromatic rings. The van der Waals surface area contributed by atoms with Gasteiger partial charge in [-0.1, -0.05) is 13.0 Å². The predicted octanol–water partition coefficient (Wildman–Crippen LogP) is 3.33. The topological polar surface area (TPSA) is 38.3 Å². The van der Waals surface area contributed by atoms with E-state index < -0.39 is 5.54 Å². The summed E-state index contributed by atoms with van der Waals surface area (Å²) in [5, 5.41) is 3.23. The van der Waals surface area contributed by atoms with Crippen molar-refractivity contribution in [1.29, 1.82) is 0 Å². The molecule has 1 atom stereocenters. The van der Waals surface area contributed by atoms with Crippen LogP contribution in [0.5, 0.6) is 0 Å². The van der Waals surface area contributed by atoms with Crippen LogP contribution in [0.3, 0.4) is 0 Å². The normalized spacial score (nSPS) is 13.8. The lowest BCUT2D eigenvalue weighted by molar-refractivity contribution is -0.147. The Bertz CT molecular complexity index is 462. The van der Waals surface area contributed by atoms with Crippen molar-refractivity contribution in [2.75, 3.05) is 19.4 Å². The van der Waals surface area contributed by atoms with E-state index in [1.54, 1.807) is 11.8 Å². The Morgan fingerprint density at radius 3 is 2.60 bits per heavy atom. The van der Waals surface area contributed by atoms with E-state index >= 15 is 0 Å². The minimum atomic E-state index is -0.601. The summed E-state index contributed by atoms with van der Waals surface area (Å²) in [7, 11) is 1.44. The van der Waals surface area contributed by atoms with Crippen LogP contribution < -0.4 is 5.32 Å². The quantitative estimate of drug-likeness (QED) is 0.618. The maximum Gasteiger partial charge on any atom is 0.325 e. The maximum absolute atomic E-state index is 11.9. The molecule has 1 aromatic carbocycles. The molecule has 0 saturated heterocycles. The summed E-state index contributed by atoms with van der Waals surface area (Å²) in [6.07, 6.45) is 0.741. The monoisotopic (exact) mass is 295 g/mol. The van der Waals surface area contributed by atoms with E-state index in [9.17, 15) is 4.79 Å². The van der Waals surface area contributed by atoms with Gasteiger partial charge in [-0.3, -0.25) is 4.79 Å². The minimum absolute atomic E-state index is 0.194. The van der Waals surface area contributed by atoms with Gasteiger partial charge in [-0.25, -0.2) is 0 Å². The van der Waals surface area contributed by atoms with Crippen LogP contribution in [0.2, 0.25) is 0 Å². The Morgan fingerprint density at radius 2 is 2.05 bits per heavy atom. The van der Waals surface area contributed by atoms with Crippen LogP contribution in [0.1, 0.15) is 31.4 Å². The first-order chi connectivity index (χ1) is 9.42. The van der Waals surface area contributed by atoms with Gasteiger partial charge in [0.25, 0.3) is 0 Å². The molecule has 20 heavy (non-hydrogen) atoms. The average molecular weight is 295 g/mol. The van der Waals surface area contributed by atoms with Crippen LogP contribution in [0.4, 0.5) is 0 Å². The van der Waals surface area contributed by atoms with Crippen molar-refractivity contribution >= 4 is 17.7 Å². The molecule has 0 aliphatic heterocycles. The van der Waals surface area contributed by atoms with Crippen molar-refractivity contribution in [2.24, 2.45) is 0 Å². The third kappa shape index (κ3) is 4.53. The van der Waals surface area contributed by atoms with Gasteiger partial charge < -0.3 is 10.1 Å². The molecule has 1 unspecified atom stereocenters. The summed E-state index contributed by atoms with van der Waals surface area (Å²) in [5.41, 5.74) is 2.01. The summed E-state index contributed by atoms with van der Waals surface area (Å²) in [5.74, 6) is 0.682. The first-order valence-electron chi connectivity index (χ1n) is 6.96. The van der Waals surface area contributed by atoms with Crippen molar-refractivity contribution in [3.05, 3.63) is 29.3 Å². The van der Waals surface area contributed by atoms with E-state index in [0.29, 0.717) is 0 Å².